The van der Waals surface area contributed by atoms with Crippen molar-refractivity contribution in [3.8, 4) is 6.07 Å². The average molecular weight is 311 g/mol. The van der Waals surface area contributed by atoms with E-state index in [-0.39, 0.29) is 12.8 Å². The third kappa shape index (κ3) is 3.49. The molecule has 2 aromatic carbocycles. The maximum atomic E-state index is 11.8. The van der Waals surface area contributed by atoms with Crippen LogP contribution in [0.5, 0.6) is 0 Å². The Bertz CT molecular complexity index is 758. The van der Waals surface area contributed by atoms with Crippen molar-refractivity contribution in [2.24, 2.45) is 0 Å². The zero-order valence-corrected chi connectivity index (χ0v) is 13.0. The number of esters is 2. The van der Waals surface area contributed by atoms with Crippen LogP contribution in [0, 0.1) is 11.3 Å². The zero-order chi connectivity index (χ0) is 16.9. The Morgan fingerprint density at radius 1 is 1.00 bits per heavy atom. The van der Waals surface area contributed by atoms with Gasteiger partial charge in [-0.15, -0.1) is 0 Å². The van der Waals surface area contributed by atoms with Crippen molar-refractivity contribution in [1.82, 2.24) is 0 Å². The van der Waals surface area contributed by atoms with E-state index in [1.807, 2.05) is 36.4 Å². The molecule has 23 heavy (non-hydrogen) atoms. The standard InChI is InChI=1S/C18H17NO4/c1-22-16(20)10-18(12-19,11-17(21)23-2)15-8-7-13-5-3-4-6-14(13)9-15/h3-9H,10-11H2,1-2H3. The van der Waals surface area contributed by atoms with Crippen molar-refractivity contribution in [2.45, 2.75) is 18.3 Å². The molecule has 5 heteroatoms. The van der Waals surface area contributed by atoms with Gasteiger partial charge in [0.25, 0.3) is 0 Å². The molecular formula is C18H17NO4. The number of methoxy groups -OCH3 is 2. The summed E-state index contributed by atoms with van der Waals surface area (Å²) in [6.45, 7) is 0. The number of hydrogen-bond acceptors (Lipinski definition) is 5. The summed E-state index contributed by atoms with van der Waals surface area (Å²) < 4.78 is 9.38. The topological polar surface area (TPSA) is 76.4 Å². The monoisotopic (exact) mass is 311 g/mol. The molecule has 0 unspecified atom stereocenters. The van der Waals surface area contributed by atoms with E-state index < -0.39 is 17.4 Å². The van der Waals surface area contributed by atoms with Gasteiger partial charge in [0, 0.05) is 0 Å². The summed E-state index contributed by atoms with van der Waals surface area (Å²) in [5, 5.41) is 11.7. The molecule has 0 atom stereocenters. The highest BCUT2D eigenvalue weighted by atomic mass is 16.5. The second-order valence-corrected chi connectivity index (χ2v) is 5.26. The average Bonchev–Trinajstić information content (AvgIpc) is 2.60. The highest BCUT2D eigenvalue weighted by Crippen LogP contribution is 2.34. The van der Waals surface area contributed by atoms with Crippen LogP contribution >= 0.6 is 0 Å². The summed E-state index contributed by atoms with van der Waals surface area (Å²) >= 11 is 0. The first-order valence-electron chi connectivity index (χ1n) is 7.09. The molecule has 0 saturated heterocycles. The fourth-order valence-corrected chi connectivity index (χ4v) is 2.53. The highest BCUT2D eigenvalue weighted by Gasteiger charge is 2.38. The Hall–Kier alpha value is -2.87. The van der Waals surface area contributed by atoms with Crippen molar-refractivity contribution < 1.29 is 19.1 Å². The minimum absolute atomic E-state index is 0.215. The molecule has 5 nitrogen and oxygen atoms in total. The molecular weight excluding hydrogens is 294 g/mol. The van der Waals surface area contributed by atoms with E-state index in [1.54, 1.807) is 6.07 Å². The SMILES string of the molecule is COC(=O)CC(C#N)(CC(=O)OC)c1ccc2ccccc2c1. The number of rotatable bonds is 5. The van der Waals surface area contributed by atoms with Gasteiger partial charge in [-0.05, 0) is 22.4 Å². The van der Waals surface area contributed by atoms with Crippen molar-refractivity contribution in [3.63, 3.8) is 0 Å². The van der Waals surface area contributed by atoms with Gasteiger partial charge in [0.05, 0.1) is 33.1 Å². The molecule has 0 amide bonds. The van der Waals surface area contributed by atoms with Crippen LogP contribution in [0.3, 0.4) is 0 Å². The first-order chi connectivity index (χ1) is 11.0. The van der Waals surface area contributed by atoms with Crippen LogP contribution in [0.15, 0.2) is 42.5 Å². The van der Waals surface area contributed by atoms with Crippen LogP contribution in [0.2, 0.25) is 0 Å². The first-order valence-corrected chi connectivity index (χ1v) is 7.09. The van der Waals surface area contributed by atoms with Crippen LogP contribution < -0.4 is 0 Å². The summed E-state index contributed by atoms with van der Waals surface area (Å²) in [4.78, 5) is 23.5. The van der Waals surface area contributed by atoms with E-state index >= 15 is 0 Å². The molecule has 0 N–H and O–H groups in total. The molecule has 0 spiro atoms. The molecule has 0 radical (unpaired) electrons. The van der Waals surface area contributed by atoms with Crippen molar-refractivity contribution in [3.05, 3.63) is 48.0 Å². The van der Waals surface area contributed by atoms with Crippen LogP contribution in [0.4, 0.5) is 0 Å². The first kappa shape index (κ1) is 16.5. The molecule has 2 aromatic rings. The lowest BCUT2D eigenvalue weighted by atomic mass is 9.75. The Kier molecular flexibility index (Phi) is 4.97. The van der Waals surface area contributed by atoms with Gasteiger partial charge in [0.2, 0.25) is 0 Å². The van der Waals surface area contributed by atoms with Crippen molar-refractivity contribution >= 4 is 22.7 Å². The predicted molar refractivity (Wildman–Crippen MR) is 84.5 cm³/mol. The fraction of sp³-hybridized carbons (Fsp3) is 0.278. The molecule has 0 aliphatic rings. The van der Waals surface area contributed by atoms with Crippen LogP contribution in [-0.4, -0.2) is 26.2 Å². The maximum absolute atomic E-state index is 11.8. The van der Waals surface area contributed by atoms with E-state index in [9.17, 15) is 14.9 Å². The summed E-state index contributed by atoms with van der Waals surface area (Å²) in [5.41, 5.74) is -0.723. The molecule has 0 heterocycles. The number of ether oxygens (including phenoxy) is 2. The quantitative estimate of drug-likeness (QED) is 0.794. The Morgan fingerprint density at radius 2 is 1.57 bits per heavy atom. The van der Waals surface area contributed by atoms with Gasteiger partial charge in [0.1, 0.15) is 5.41 Å². The van der Waals surface area contributed by atoms with Crippen LogP contribution in [-0.2, 0) is 24.5 Å². The summed E-state index contributed by atoms with van der Waals surface area (Å²) in [6, 6.07) is 15.3. The summed E-state index contributed by atoms with van der Waals surface area (Å²) in [7, 11) is 2.51. The number of carbonyl (C=O) groups is 2. The van der Waals surface area contributed by atoms with Crippen LogP contribution in [0.1, 0.15) is 18.4 Å². The third-order valence-corrected chi connectivity index (χ3v) is 3.86. The molecule has 118 valence electrons. The van der Waals surface area contributed by atoms with Crippen molar-refractivity contribution in [1.29, 1.82) is 5.26 Å². The Balaban J connectivity index is 2.55. The fourth-order valence-electron chi connectivity index (χ4n) is 2.53. The van der Waals surface area contributed by atoms with Gasteiger partial charge in [-0.3, -0.25) is 9.59 Å². The minimum Gasteiger partial charge on any atom is -0.469 e. The number of fused-ring (bicyclic) bond motifs is 1. The molecule has 0 aliphatic carbocycles. The predicted octanol–water partition coefficient (Wildman–Crippen LogP) is 2.73. The van der Waals surface area contributed by atoms with Gasteiger partial charge in [-0.1, -0.05) is 36.4 Å². The lowest BCUT2D eigenvalue weighted by Gasteiger charge is -2.25. The van der Waals surface area contributed by atoms with E-state index in [0.29, 0.717) is 5.56 Å². The second kappa shape index (κ2) is 6.93. The van der Waals surface area contributed by atoms with E-state index in [4.69, 9.17) is 0 Å². The maximum Gasteiger partial charge on any atom is 0.307 e. The van der Waals surface area contributed by atoms with Crippen molar-refractivity contribution in [2.75, 3.05) is 14.2 Å². The molecule has 0 bridgehead atoms. The van der Waals surface area contributed by atoms with Gasteiger partial charge < -0.3 is 9.47 Å². The zero-order valence-electron chi connectivity index (χ0n) is 13.0. The summed E-state index contributed by atoms with van der Waals surface area (Å²) in [5.74, 6) is -1.10. The van der Waals surface area contributed by atoms with Gasteiger partial charge in [-0.2, -0.15) is 5.26 Å². The number of nitriles is 1. The van der Waals surface area contributed by atoms with E-state index in [0.717, 1.165) is 10.8 Å². The lowest BCUT2D eigenvalue weighted by Crippen LogP contribution is -2.31. The summed E-state index contributed by atoms with van der Waals surface area (Å²) in [6.07, 6.45) is -0.430. The molecule has 2 rings (SSSR count). The van der Waals surface area contributed by atoms with Gasteiger partial charge >= 0.3 is 11.9 Å². The minimum atomic E-state index is -1.32. The Morgan fingerprint density at radius 3 is 2.09 bits per heavy atom. The number of nitrogens with zero attached hydrogens (tertiary/aromatic N) is 1. The van der Waals surface area contributed by atoms with Crippen LogP contribution in [0.25, 0.3) is 10.8 Å². The van der Waals surface area contributed by atoms with E-state index in [2.05, 4.69) is 15.5 Å². The number of benzene rings is 2. The molecule has 0 aliphatic heterocycles. The normalized spacial score (nSPS) is 10.8. The smallest absolute Gasteiger partial charge is 0.307 e. The van der Waals surface area contributed by atoms with E-state index in [1.165, 1.54) is 14.2 Å². The van der Waals surface area contributed by atoms with Gasteiger partial charge in [-0.25, -0.2) is 0 Å². The largest absolute Gasteiger partial charge is 0.469 e. The molecule has 0 saturated carbocycles. The number of hydrogen-bond donors (Lipinski definition) is 0. The second-order valence-electron chi connectivity index (χ2n) is 5.26. The lowest BCUT2D eigenvalue weighted by molar-refractivity contribution is -0.144. The highest BCUT2D eigenvalue weighted by molar-refractivity contribution is 5.85. The number of carbonyl (C=O) groups excluding carboxylic acids is 2. The van der Waals surface area contributed by atoms with Gasteiger partial charge in [0.15, 0.2) is 0 Å². The Labute approximate surface area is 134 Å². The third-order valence-electron chi connectivity index (χ3n) is 3.86. The molecule has 0 fully saturated rings. The molecule has 0 aromatic heterocycles.